The molecule has 2 N–H and O–H groups in total. The molecule has 1 aromatic rings. The normalized spacial score (nSPS) is 16.3. The number of aromatic nitrogens is 1. The average Bonchev–Trinajstić information content (AvgIpc) is 2.30. The molecule has 0 aromatic carbocycles. The topological polar surface area (TPSA) is 62.5 Å². The van der Waals surface area contributed by atoms with Gasteiger partial charge in [0.15, 0.2) is 0 Å². The molecule has 1 aliphatic heterocycles. The highest BCUT2D eigenvalue weighted by Crippen LogP contribution is 2.23. The SMILES string of the molecule is NC(=O)N1CCN(c2ncccc2Cl)CC1. The van der Waals surface area contributed by atoms with Crippen LogP contribution in [0.4, 0.5) is 10.6 Å². The summed E-state index contributed by atoms with van der Waals surface area (Å²) in [6, 6.07) is 3.24. The lowest BCUT2D eigenvalue weighted by atomic mass is 10.3. The smallest absolute Gasteiger partial charge is 0.314 e. The van der Waals surface area contributed by atoms with Crippen molar-refractivity contribution in [3.63, 3.8) is 0 Å². The summed E-state index contributed by atoms with van der Waals surface area (Å²) < 4.78 is 0. The van der Waals surface area contributed by atoms with Crippen molar-refractivity contribution >= 4 is 23.4 Å². The summed E-state index contributed by atoms with van der Waals surface area (Å²) >= 11 is 6.05. The van der Waals surface area contributed by atoms with Gasteiger partial charge in [-0.3, -0.25) is 0 Å². The molecule has 0 aliphatic carbocycles. The summed E-state index contributed by atoms with van der Waals surface area (Å²) in [5.41, 5.74) is 5.21. The van der Waals surface area contributed by atoms with Crippen molar-refractivity contribution in [2.45, 2.75) is 0 Å². The lowest BCUT2D eigenvalue weighted by molar-refractivity contribution is 0.204. The Hall–Kier alpha value is -1.49. The molecule has 0 radical (unpaired) electrons. The minimum absolute atomic E-state index is 0.369. The number of carbonyl (C=O) groups is 1. The van der Waals surface area contributed by atoms with Crippen LogP contribution in [-0.4, -0.2) is 42.1 Å². The molecule has 0 saturated carbocycles. The molecule has 86 valence electrons. The molecule has 6 heteroatoms. The standard InChI is InChI=1S/C10H13ClN4O/c11-8-2-1-3-13-9(8)14-4-6-15(7-5-14)10(12)16/h1-3H,4-7H2,(H2,12,16). The van der Waals surface area contributed by atoms with Crippen LogP contribution in [0.2, 0.25) is 5.02 Å². The number of amides is 2. The maximum atomic E-state index is 11.0. The van der Waals surface area contributed by atoms with Crippen molar-refractivity contribution < 1.29 is 4.79 Å². The first kappa shape index (κ1) is 11.0. The third kappa shape index (κ3) is 2.19. The van der Waals surface area contributed by atoms with Gasteiger partial charge in [0.05, 0.1) is 5.02 Å². The molecule has 5 nitrogen and oxygen atoms in total. The molecule has 0 atom stereocenters. The minimum atomic E-state index is -0.369. The molecule has 0 unspecified atom stereocenters. The zero-order valence-corrected chi connectivity index (χ0v) is 9.52. The van der Waals surface area contributed by atoms with Gasteiger partial charge >= 0.3 is 6.03 Å². The fourth-order valence-corrected chi connectivity index (χ4v) is 1.99. The highest BCUT2D eigenvalue weighted by molar-refractivity contribution is 6.32. The second-order valence-corrected chi connectivity index (χ2v) is 4.03. The largest absolute Gasteiger partial charge is 0.352 e. The van der Waals surface area contributed by atoms with Gasteiger partial charge in [-0.05, 0) is 12.1 Å². The maximum absolute atomic E-state index is 11.0. The number of rotatable bonds is 1. The van der Waals surface area contributed by atoms with Crippen molar-refractivity contribution in [3.05, 3.63) is 23.4 Å². The van der Waals surface area contributed by atoms with Crippen LogP contribution in [0.3, 0.4) is 0 Å². The third-order valence-electron chi connectivity index (χ3n) is 2.63. The zero-order valence-electron chi connectivity index (χ0n) is 8.77. The van der Waals surface area contributed by atoms with E-state index in [2.05, 4.69) is 9.88 Å². The van der Waals surface area contributed by atoms with Crippen LogP contribution in [0.1, 0.15) is 0 Å². The predicted octanol–water partition coefficient (Wildman–Crippen LogP) is 0.936. The Morgan fingerprint density at radius 1 is 1.38 bits per heavy atom. The van der Waals surface area contributed by atoms with Gasteiger partial charge in [-0.15, -0.1) is 0 Å². The Morgan fingerprint density at radius 2 is 2.06 bits per heavy atom. The summed E-state index contributed by atoms with van der Waals surface area (Å²) in [4.78, 5) is 18.9. The van der Waals surface area contributed by atoms with Gasteiger partial charge in [0, 0.05) is 32.4 Å². The minimum Gasteiger partial charge on any atom is -0.352 e. The highest BCUT2D eigenvalue weighted by atomic mass is 35.5. The Bertz CT molecular complexity index is 390. The second kappa shape index (κ2) is 4.57. The van der Waals surface area contributed by atoms with Gasteiger partial charge in [-0.1, -0.05) is 11.6 Å². The van der Waals surface area contributed by atoms with Gasteiger partial charge in [0.25, 0.3) is 0 Å². The van der Waals surface area contributed by atoms with E-state index in [0.29, 0.717) is 31.2 Å². The molecule has 2 heterocycles. The number of anilines is 1. The Labute approximate surface area is 98.8 Å². The lowest BCUT2D eigenvalue weighted by Crippen LogP contribution is -2.50. The molecule has 1 saturated heterocycles. The number of pyridine rings is 1. The summed E-state index contributed by atoms with van der Waals surface area (Å²) in [5.74, 6) is 0.772. The first-order valence-corrected chi connectivity index (χ1v) is 5.46. The fourth-order valence-electron chi connectivity index (χ4n) is 1.75. The van der Waals surface area contributed by atoms with E-state index in [-0.39, 0.29) is 6.03 Å². The third-order valence-corrected chi connectivity index (χ3v) is 2.92. The Morgan fingerprint density at radius 3 is 2.62 bits per heavy atom. The number of nitrogens with two attached hydrogens (primary N) is 1. The van der Waals surface area contributed by atoms with Gasteiger partial charge in [0.2, 0.25) is 0 Å². The number of nitrogens with zero attached hydrogens (tertiary/aromatic N) is 3. The van der Waals surface area contributed by atoms with E-state index in [1.54, 1.807) is 17.2 Å². The molecule has 1 fully saturated rings. The van der Waals surface area contributed by atoms with Crippen molar-refractivity contribution in [1.82, 2.24) is 9.88 Å². The van der Waals surface area contributed by atoms with Crippen LogP contribution in [0.25, 0.3) is 0 Å². The van der Waals surface area contributed by atoms with E-state index in [9.17, 15) is 4.79 Å². The Kier molecular flexibility index (Phi) is 3.14. The zero-order chi connectivity index (χ0) is 11.5. The van der Waals surface area contributed by atoms with Crippen LogP contribution in [0.5, 0.6) is 0 Å². The quantitative estimate of drug-likeness (QED) is 0.795. The van der Waals surface area contributed by atoms with E-state index in [0.717, 1.165) is 5.82 Å². The van der Waals surface area contributed by atoms with E-state index in [4.69, 9.17) is 17.3 Å². The predicted molar refractivity (Wildman–Crippen MR) is 62.6 cm³/mol. The monoisotopic (exact) mass is 240 g/mol. The van der Waals surface area contributed by atoms with E-state index >= 15 is 0 Å². The Balaban J connectivity index is 2.05. The van der Waals surface area contributed by atoms with Crippen molar-refractivity contribution in [2.24, 2.45) is 5.73 Å². The van der Waals surface area contributed by atoms with Crippen LogP contribution in [-0.2, 0) is 0 Å². The van der Waals surface area contributed by atoms with Crippen LogP contribution < -0.4 is 10.6 Å². The summed E-state index contributed by atoms with van der Waals surface area (Å²) in [7, 11) is 0. The fraction of sp³-hybridized carbons (Fsp3) is 0.400. The van der Waals surface area contributed by atoms with Gasteiger partial charge < -0.3 is 15.5 Å². The van der Waals surface area contributed by atoms with Gasteiger partial charge in [-0.25, -0.2) is 9.78 Å². The molecule has 0 spiro atoms. The number of piperazine rings is 1. The number of hydrogen-bond acceptors (Lipinski definition) is 3. The highest BCUT2D eigenvalue weighted by Gasteiger charge is 2.21. The number of urea groups is 1. The number of primary amides is 1. The van der Waals surface area contributed by atoms with Gasteiger partial charge in [0.1, 0.15) is 5.82 Å². The van der Waals surface area contributed by atoms with Crippen LogP contribution >= 0.6 is 11.6 Å². The second-order valence-electron chi connectivity index (χ2n) is 3.62. The first-order chi connectivity index (χ1) is 7.68. The lowest BCUT2D eigenvalue weighted by Gasteiger charge is -2.34. The number of carbonyl (C=O) groups excluding carboxylic acids is 1. The van der Waals surface area contributed by atoms with E-state index in [1.165, 1.54) is 0 Å². The molecule has 1 aromatic heterocycles. The number of halogens is 1. The van der Waals surface area contributed by atoms with Crippen LogP contribution in [0.15, 0.2) is 18.3 Å². The molecule has 0 bridgehead atoms. The van der Waals surface area contributed by atoms with E-state index in [1.807, 2.05) is 6.07 Å². The average molecular weight is 241 g/mol. The molecule has 2 amide bonds. The van der Waals surface area contributed by atoms with Crippen molar-refractivity contribution in [2.75, 3.05) is 31.1 Å². The number of hydrogen-bond donors (Lipinski definition) is 1. The van der Waals surface area contributed by atoms with Crippen molar-refractivity contribution in [3.8, 4) is 0 Å². The maximum Gasteiger partial charge on any atom is 0.314 e. The van der Waals surface area contributed by atoms with Crippen molar-refractivity contribution in [1.29, 1.82) is 0 Å². The van der Waals surface area contributed by atoms with E-state index < -0.39 is 0 Å². The molecular weight excluding hydrogens is 228 g/mol. The first-order valence-electron chi connectivity index (χ1n) is 5.08. The summed E-state index contributed by atoms with van der Waals surface area (Å²) in [5, 5.41) is 0.634. The molecular formula is C10H13ClN4O. The summed E-state index contributed by atoms with van der Waals surface area (Å²) in [6.07, 6.45) is 1.71. The summed E-state index contributed by atoms with van der Waals surface area (Å²) in [6.45, 7) is 2.64. The van der Waals surface area contributed by atoms with Crippen LogP contribution in [0, 0.1) is 0 Å². The molecule has 16 heavy (non-hydrogen) atoms. The molecule has 2 rings (SSSR count). The molecule has 1 aliphatic rings. The van der Waals surface area contributed by atoms with Gasteiger partial charge in [-0.2, -0.15) is 0 Å².